The summed E-state index contributed by atoms with van der Waals surface area (Å²) in [7, 11) is 0. The molecule has 0 heterocycles. The highest BCUT2D eigenvalue weighted by Gasteiger charge is 2.59. The SMILES string of the molecule is C[C@]12CC[C@H]3[C@@H](CCC4=CC(=O)CC[C@@]43C)[C@@H]1CC[C@@H]2OC(=O)CCCc1ccc(N(CCCl)CCCl)cc1. The van der Waals surface area contributed by atoms with Crippen molar-refractivity contribution in [2.75, 3.05) is 29.7 Å². The molecule has 0 aliphatic heterocycles. The molecule has 0 spiro atoms. The molecule has 3 fully saturated rings. The average molecular weight is 575 g/mol. The number of fused-ring (bicyclic) bond motifs is 5. The van der Waals surface area contributed by atoms with Gasteiger partial charge in [-0.2, -0.15) is 0 Å². The van der Waals surface area contributed by atoms with Crippen molar-refractivity contribution in [3.05, 3.63) is 41.5 Å². The zero-order valence-electron chi connectivity index (χ0n) is 23.7. The van der Waals surface area contributed by atoms with Crippen molar-refractivity contribution in [3.8, 4) is 0 Å². The van der Waals surface area contributed by atoms with Gasteiger partial charge in [0.25, 0.3) is 0 Å². The van der Waals surface area contributed by atoms with Gasteiger partial charge in [-0.05, 0) is 105 Å². The summed E-state index contributed by atoms with van der Waals surface area (Å²) >= 11 is 11.9. The van der Waals surface area contributed by atoms with Crippen LogP contribution in [-0.4, -0.2) is 42.7 Å². The van der Waals surface area contributed by atoms with Crippen LogP contribution >= 0.6 is 23.2 Å². The van der Waals surface area contributed by atoms with E-state index in [1.54, 1.807) is 0 Å². The zero-order chi connectivity index (χ0) is 27.6. The topological polar surface area (TPSA) is 46.6 Å². The van der Waals surface area contributed by atoms with Crippen LogP contribution in [0.3, 0.4) is 0 Å². The number of aryl methyl sites for hydroxylation is 1. The largest absolute Gasteiger partial charge is 0.462 e. The Bertz CT molecular complexity index is 1070. The summed E-state index contributed by atoms with van der Waals surface area (Å²) in [4.78, 5) is 27.3. The fraction of sp³-hybridized carbons (Fsp3) is 0.697. The minimum atomic E-state index is -0.0392. The lowest BCUT2D eigenvalue weighted by Crippen LogP contribution is -2.51. The number of esters is 1. The van der Waals surface area contributed by atoms with Crippen molar-refractivity contribution in [1.82, 2.24) is 0 Å². The lowest BCUT2D eigenvalue weighted by Gasteiger charge is -2.57. The smallest absolute Gasteiger partial charge is 0.306 e. The molecular formula is C33H45Cl2NO3. The van der Waals surface area contributed by atoms with Crippen LogP contribution < -0.4 is 4.90 Å². The second-order valence-electron chi connectivity index (χ2n) is 13.0. The fourth-order valence-electron chi connectivity index (χ4n) is 8.81. The van der Waals surface area contributed by atoms with Gasteiger partial charge in [0.2, 0.25) is 0 Å². The van der Waals surface area contributed by atoms with Crippen molar-refractivity contribution in [2.45, 2.75) is 90.6 Å². The standard InChI is InChI=1S/C33H45Cl2NO3/c1-32-16-14-26(37)22-24(32)8-11-27-28-12-13-30(33(28,2)17-15-29(27)32)39-31(38)5-3-4-23-6-9-25(10-7-23)36(20-18-34)21-19-35/h6-7,9-10,22,27-30H,3-5,8,11-21H2,1-2H3/t27-,28-,29-,30-,32-,33-/m0/s1. The highest BCUT2D eigenvalue weighted by molar-refractivity contribution is 6.18. The molecule has 6 heteroatoms. The van der Waals surface area contributed by atoms with E-state index in [9.17, 15) is 9.59 Å². The summed E-state index contributed by atoms with van der Waals surface area (Å²) in [5.41, 5.74) is 4.07. The maximum absolute atomic E-state index is 13.0. The third-order valence-corrected chi connectivity index (χ3v) is 11.3. The van der Waals surface area contributed by atoms with Gasteiger partial charge in [0.15, 0.2) is 5.78 Å². The molecule has 0 unspecified atom stereocenters. The van der Waals surface area contributed by atoms with Gasteiger partial charge in [0.05, 0.1) is 0 Å². The molecule has 4 aliphatic rings. The molecule has 6 atom stereocenters. The first-order chi connectivity index (χ1) is 18.8. The van der Waals surface area contributed by atoms with Crippen molar-refractivity contribution < 1.29 is 14.3 Å². The number of carbonyl (C=O) groups excluding carboxylic acids is 2. The number of anilines is 1. The van der Waals surface area contributed by atoms with Crippen LogP contribution in [0.25, 0.3) is 0 Å². The van der Waals surface area contributed by atoms with Crippen LogP contribution in [0.15, 0.2) is 35.9 Å². The fourth-order valence-corrected chi connectivity index (χ4v) is 9.21. The molecule has 4 aliphatic carbocycles. The summed E-state index contributed by atoms with van der Waals surface area (Å²) in [5.74, 6) is 3.41. The maximum atomic E-state index is 13.0. The lowest BCUT2D eigenvalue weighted by atomic mass is 9.47. The van der Waals surface area contributed by atoms with Crippen molar-refractivity contribution in [1.29, 1.82) is 0 Å². The van der Waals surface area contributed by atoms with Gasteiger partial charge in [0, 0.05) is 48.8 Å². The summed E-state index contributed by atoms with van der Waals surface area (Å²) in [6.07, 6.45) is 12.6. The highest BCUT2D eigenvalue weighted by Crippen LogP contribution is 2.65. The number of allylic oxidation sites excluding steroid dienone is 1. The molecular weight excluding hydrogens is 529 g/mol. The van der Waals surface area contributed by atoms with Gasteiger partial charge in [-0.25, -0.2) is 0 Å². The number of ketones is 1. The molecule has 214 valence electrons. The number of carbonyl (C=O) groups is 2. The molecule has 0 N–H and O–H groups in total. The van der Waals surface area contributed by atoms with Crippen LogP contribution in [0.2, 0.25) is 0 Å². The van der Waals surface area contributed by atoms with Gasteiger partial charge < -0.3 is 9.64 Å². The van der Waals surface area contributed by atoms with Crippen LogP contribution in [0, 0.1) is 28.6 Å². The van der Waals surface area contributed by atoms with E-state index >= 15 is 0 Å². The molecule has 0 aromatic heterocycles. The van der Waals surface area contributed by atoms with E-state index in [1.807, 2.05) is 6.08 Å². The van der Waals surface area contributed by atoms with Gasteiger partial charge in [-0.1, -0.05) is 31.6 Å². The van der Waals surface area contributed by atoms with Gasteiger partial charge in [-0.15, -0.1) is 23.2 Å². The third kappa shape index (κ3) is 5.80. The Kier molecular flexibility index (Phi) is 9.03. The molecule has 0 amide bonds. The quantitative estimate of drug-likeness (QED) is 0.212. The van der Waals surface area contributed by atoms with Gasteiger partial charge in [0.1, 0.15) is 6.10 Å². The van der Waals surface area contributed by atoms with E-state index in [4.69, 9.17) is 27.9 Å². The lowest BCUT2D eigenvalue weighted by molar-refractivity contribution is -0.160. The Morgan fingerprint density at radius 3 is 2.44 bits per heavy atom. The van der Waals surface area contributed by atoms with Crippen LogP contribution in [0.4, 0.5) is 5.69 Å². The minimum Gasteiger partial charge on any atom is -0.462 e. The average Bonchev–Trinajstić information content (AvgIpc) is 3.25. The van der Waals surface area contributed by atoms with E-state index in [0.29, 0.717) is 48.1 Å². The summed E-state index contributed by atoms with van der Waals surface area (Å²) in [5, 5.41) is 0. The van der Waals surface area contributed by atoms with Crippen LogP contribution in [0.5, 0.6) is 0 Å². The first-order valence-electron chi connectivity index (χ1n) is 15.2. The van der Waals surface area contributed by atoms with Crippen molar-refractivity contribution >= 4 is 40.6 Å². The maximum Gasteiger partial charge on any atom is 0.306 e. The number of benzene rings is 1. The number of hydrogen-bond acceptors (Lipinski definition) is 4. The molecule has 39 heavy (non-hydrogen) atoms. The molecule has 4 nitrogen and oxygen atoms in total. The van der Waals surface area contributed by atoms with Crippen LogP contribution in [0.1, 0.15) is 83.6 Å². The molecule has 3 saturated carbocycles. The second-order valence-corrected chi connectivity index (χ2v) is 13.7. The number of hydrogen-bond donors (Lipinski definition) is 0. The Balaban J connectivity index is 1.13. The Hall–Kier alpha value is -1.52. The predicted molar refractivity (Wildman–Crippen MR) is 160 cm³/mol. The van der Waals surface area contributed by atoms with Gasteiger partial charge >= 0.3 is 5.97 Å². The monoisotopic (exact) mass is 573 g/mol. The first-order valence-corrected chi connectivity index (χ1v) is 16.2. The number of rotatable bonds is 10. The third-order valence-electron chi connectivity index (χ3n) is 11.0. The van der Waals surface area contributed by atoms with Crippen molar-refractivity contribution in [3.63, 3.8) is 0 Å². The van der Waals surface area contributed by atoms with Crippen molar-refractivity contribution in [2.24, 2.45) is 28.6 Å². The highest BCUT2D eigenvalue weighted by atomic mass is 35.5. The van der Waals surface area contributed by atoms with Crippen LogP contribution in [-0.2, 0) is 20.7 Å². The Morgan fingerprint density at radius 1 is 0.974 bits per heavy atom. The normalized spacial score (nSPS) is 33.5. The van der Waals surface area contributed by atoms with E-state index in [1.165, 1.54) is 30.4 Å². The van der Waals surface area contributed by atoms with E-state index in [-0.39, 0.29) is 22.9 Å². The number of ether oxygens (including phenoxy) is 1. The first kappa shape index (κ1) is 29.0. The van der Waals surface area contributed by atoms with E-state index in [0.717, 1.165) is 57.3 Å². The molecule has 0 radical (unpaired) electrons. The van der Waals surface area contributed by atoms with Gasteiger partial charge in [-0.3, -0.25) is 9.59 Å². The summed E-state index contributed by atoms with van der Waals surface area (Å²) in [6, 6.07) is 8.53. The van der Waals surface area contributed by atoms with E-state index < -0.39 is 0 Å². The molecule has 5 rings (SSSR count). The summed E-state index contributed by atoms with van der Waals surface area (Å²) < 4.78 is 6.23. The number of alkyl halides is 2. The Labute approximate surface area is 244 Å². The minimum absolute atomic E-state index is 0.0392. The zero-order valence-corrected chi connectivity index (χ0v) is 25.2. The number of nitrogens with zero attached hydrogens (tertiary/aromatic N) is 1. The second kappa shape index (κ2) is 12.1. The molecule has 1 aromatic rings. The predicted octanol–water partition coefficient (Wildman–Crippen LogP) is 7.74. The molecule has 0 bridgehead atoms. The van der Waals surface area contributed by atoms with E-state index in [2.05, 4.69) is 43.0 Å². The molecule has 0 saturated heterocycles. The summed E-state index contributed by atoms with van der Waals surface area (Å²) in [6.45, 7) is 6.39. The number of halogens is 2. The Morgan fingerprint density at radius 2 is 1.72 bits per heavy atom. The molecule has 1 aromatic carbocycles.